The maximum Gasteiger partial charge on any atom is 0.167 e. The lowest BCUT2D eigenvalue weighted by Gasteiger charge is -2.08. The van der Waals surface area contributed by atoms with E-state index < -0.39 is 0 Å². The zero-order chi connectivity index (χ0) is 14.5. The van der Waals surface area contributed by atoms with Gasteiger partial charge in [-0.1, -0.05) is 37.3 Å². The van der Waals surface area contributed by atoms with Crippen LogP contribution in [0, 0.1) is 0 Å². The van der Waals surface area contributed by atoms with Gasteiger partial charge < -0.3 is 4.74 Å². The van der Waals surface area contributed by atoms with Crippen molar-refractivity contribution < 1.29 is 9.53 Å². The van der Waals surface area contributed by atoms with E-state index in [1.165, 1.54) is 0 Å². The first-order chi connectivity index (χ1) is 9.65. The fourth-order valence-corrected chi connectivity index (χ4v) is 2.79. The van der Waals surface area contributed by atoms with Gasteiger partial charge in [-0.15, -0.1) is 0 Å². The molecule has 20 heavy (non-hydrogen) atoms. The number of ether oxygens (including phenoxy) is 1. The van der Waals surface area contributed by atoms with Crippen LogP contribution in [0.5, 0.6) is 5.75 Å². The number of ketones is 1. The molecule has 0 radical (unpaired) electrons. The Balaban J connectivity index is 2.21. The van der Waals surface area contributed by atoms with Crippen LogP contribution in [0.25, 0.3) is 0 Å². The Hall–Kier alpha value is -1.61. The van der Waals surface area contributed by atoms with E-state index in [0.717, 1.165) is 33.3 Å². The molecular formula is C17H17BrO2. The summed E-state index contributed by atoms with van der Waals surface area (Å²) in [6.07, 6.45) is 1.27. The van der Waals surface area contributed by atoms with Gasteiger partial charge in [0.2, 0.25) is 0 Å². The van der Waals surface area contributed by atoms with Crippen molar-refractivity contribution in [2.45, 2.75) is 19.8 Å². The summed E-state index contributed by atoms with van der Waals surface area (Å²) in [6.45, 7) is 2.07. The van der Waals surface area contributed by atoms with E-state index in [-0.39, 0.29) is 5.78 Å². The Kier molecular flexibility index (Phi) is 4.96. The highest BCUT2D eigenvalue weighted by Gasteiger charge is 2.11. The largest absolute Gasteiger partial charge is 0.496 e. The van der Waals surface area contributed by atoms with E-state index in [4.69, 9.17) is 4.74 Å². The van der Waals surface area contributed by atoms with Gasteiger partial charge in [0.25, 0.3) is 0 Å². The lowest BCUT2D eigenvalue weighted by molar-refractivity contribution is 0.0992. The maximum absolute atomic E-state index is 12.4. The van der Waals surface area contributed by atoms with Crippen LogP contribution in [0.15, 0.2) is 46.9 Å². The molecule has 0 N–H and O–H groups in total. The van der Waals surface area contributed by atoms with E-state index in [1.54, 1.807) is 7.11 Å². The molecule has 0 spiro atoms. The lowest BCUT2D eigenvalue weighted by Crippen LogP contribution is -2.06. The summed E-state index contributed by atoms with van der Waals surface area (Å²) in [5.41, 5.74) is 2.90. The van der Waals surface area contributed by atoms with Crippen LogP contribution in [0.4, 0.5) is 0 Å². The minimum Gasteiger partial charge on any atom is -0.496 e. The predicted molar refractivity (Wildman–Crippen MR) is 84.5 cm³/mol. The Morgan fingerprint density at radius 3 is 2.60 bits per heavy atom. The molecule has 0 atom stereocenters. The molecular weight excluding hydrogens is 316 g/mol. The Bertz CT molecular complexity index is 620. The molecule has 0 aliphatic heterocycles. The highest BCUT2D eigenvalue weighted by atomic mass is 79.9. The van der Waals surface area contributed by atoms with E-state index in [1.807, 2.05) is 42.5 Å². The summed E-state index contributed by atoms with van der Waals surface area (Å²) in [7, 11) is 1.63. The normalized spacial score (nSPS) is 10.3. The molecule has 0 unspecified atom stereocenters. The van der Waals surface area contributed by atoms with Crippen LogP contribution in [-0.2, 0) is 12.8 Å². The van der Waals surface area contributed by atoms with Crippen molar-refractivity contribution in [2.24, 2.45) is 0 Å². The van der Waals surface area contributed by atoms with Crippen molar-refractivity contribution in [3.8, 4) is 5.75 Å². The van der Waals surface area contributed by atoms with Crippen LogP contribution >= 0.6 is 15.9 Å². The van der Waals surface area contributed by atoms with Gasteiger partial charge in [-0.25, -0.2) is 0 Å². The van der Waals surface area contributed by atoms with Gasteiger partial charge in [-0.3, -0.25) is 4.79 Å². The Morgan fingerprint density at radius 2 is 1.95 bits per heavy atom. The van der Waals surface area contributed by atoms with Crippen molar-refractivity contribution in [3.05, 3.63) is 63.6 Å². The van der Waals surface area contributed by atoms with Gasteiger partial charge >= 0.3 is 0 Å². The molecule has 3 heteroatoms. The van der Waals surface area contributed by atoms with Crippen LogP contribution in [0.3, 0.4) is 0 Å². The summed E-state index contributed by atoms with van der Waals surface area (Å²) in [6, 6.07) is 13.5. The molecule has 0 aromatic heterocycles. The monoisotopic (exact) mass is 332 g/mol. The number of hydrogen-bond donors (Lipinski definition) is 0. The van der Waals surface area contributed by atoms with Crippen molar-refractivity contribution in [1.82, 2.24) is 0 Å². The van der Waals surface area contributed by atoms with Crippen molar-refractivity contribution >= 4 is 21.7 Å². The van der Waals surface area contributed by atoms with E-state index in [9.17, 15) is 4.79 Å². The van der Waals surface area contributed by atoms with Gasteiger partial charge in [0.15, 0.2) is 5.78 Å². The number of carbonyl (C=O) groups is 1. The van der Waals surface area contributed by atoms with E-state index in [2.05, 4.69) is 22.9 Å². The zero-order valence-electron chi connectivity index (χ0n) is 11.7. The molecule has 2 aromatic carbocycles. The molecule has 0 amide bonds. The SMILES string of the molecule is CCc1ccccc1C(=O)Cc1ccc(OC)c(Br)c1. The number of halogens is 1. The first kappa shape index (κ1) is 14.8. The zero-order valence-corrected chi connectivity index (χ0v) is 13.2. The van der Waals surface area contributed by atoms with Crippen molar-refractivity contribution in [3.63, 3.8) is 0 Å². The number of aryl methyl sites for hydroxylation is 1. The molecule has 0 saturated carbocycles. The van der Waals surface area contributed by atoms with Crippen LogP contribution in [-0.4, -0.2) is 12.9 Å². The van der Waals surface area contributed by atoms with Gasteiger partial charge in [-0.2, -0.15) is 0 Å². The molecule has 2 rings (SSSR count). The fourth-order valence-electron chi connectivity index (χ4n) is 2.20. The molecule has 0 aliphatic carbocycles. The molecule has 0 aliphatic rings. The molecule has 0 saturated heterocycles. The maximum atomic E-state index is 12.4. The summed E-state index contributed by atoms with van der Waals surface area (Å²) in [4.78, 5) is 12.4. The molecule has 0 heterocycles. The minimum absolute atomic E-state index is 0.152. The second kappa shape index (κ2) is 6.71. The lowest BCUT2D eigenvalue weighted by atomic mass is 9.97. The van der Waals surface area contributed by atoms with Crippen LogP contribution in [0.2, 0.25) is 0 Å². The Labute approximate surface area is 127 Å². The topological polar surface area (TPSA) is 26.3 Å². The summed E-state index contributed by atoms with van der Waals surface area (Å²) < 4.78 is 6.06. The first-order valence-corrected chi connectivity index (χ1v) is 7.38. The number of rotatable bonds is 5. The Morgan fingerprint density at radius 1 is 1.20 bits per heavy atom. The number of Topliss-reactive ketones (excluding diaryl/α,β-unsaturated/α-hetero) is 1. The van der Waals surface area contributed by atoms with Gasteiger partial charge in [0.05, 0.1) is 11.6 Å². The number of benzene rings is 2. The van der Waals surface area contributed by atoms with Crippen molar-refractivity contribution in [1.29, 1.82) is 0 Å². The van der Waals surface area contributed by atoms with Crippen LogP contribution < -0.4 is 4.74 Å². The summed E-state index contributed by atoms with van der Waals surface area (Å²) >= 11 is 3.45. The highest BCUT2D eigenvalue weighted by Crippen LogP contribution is 2.26. The fraction of sp³-hybridized carbons (Fsp3) is 0.235. The summed E-state index contributed by atoms with van der Waals surface area (Å²) in [5, 5.41) is 0. The van der Waals surface area contributed by atoms with Crippen molar-refractivity contribution in [2.75, 3.05) is 7.11 Å². The molecule has 2 aromatic rings. The molecule has 0 bridgehead atoms. The highest BCUT2D eigenvalue weighted by molar-refractivity contribution is 9.10. The second-order valence-corrected chi connectivity index (χ2v) is 5.43. The van der Waals surface area contributed by atoms with Crippen LogP contribution in [0.1, 0.15) is 28.4 Å². The minimum atomic E-state index is 0.152. The quantitative estimate of drug-likeness (QED) is 0.756. The summed E-state index contributed by atoms with van der Waals surface area (Å²) in [5.74, 6) is 0.926. The third-order valence-corrected chi connectivity index (χ3v) is 3.90. The number of carbonyl (C=O) groups excluding carboxylic acids is 1. The van der Waals surface area contributed by atoms with E-state index in [0.29, 0.717) is 6.42 Å². The van der Waals surface area contributed by atoms with Gasteiger partial charge in [0, 0.05) is 12.0 Å². The third-order valence-electron chi connectivity index (χ3n) is 3.28. The average Bonchev–Trinajstić information content (AvgIpc) is 2.47. The predicted octanol–water partition coefficient (Wildman–Crippen LogP) is 4.45. The van der Waals surface area contributed by atoms with Gasteiger partial charge in [-0.05, 0) is 45.6 Å². The number of methoxy groups -OCH3 is 1. The third kappa shape index (κ3) is 3.28. The molecule has 2 nitrogen and oxygen atoms in total. The van der Waals surface area contributed by atoms with E-state index >= 15 is 0 Å². The molecule has 104 valence electrons. The standard InChI is InChI=1S/C17H17BrO2/c1-3-13-6-4-5-7-14(13)16(19)11-12-8-9-17(20-2)15(18)10-12/h4-10H,3,11H2,1-2H3. The second-order valence-electron chi connectivity index (χ2n) is 4.58. The first-order valence-electron chi connectivity index (χ1n) is 6.59. The number of hydrogen-bond acceptors (Lipinski definition) is 2. The molecule has 0 fully saturated rings. The van der Waals surface area contributed by atoms with Gasteiger partial charge in [0.1, 0.15) is 5.75 Å². The average molecular weight is 333 g/mol. The smallest absolute Gasteiger partial charge is 0.167 e.